The highest BCUT2D eigenvalue weighted by Gasteiger charge is 2.16. The van der Waals surface area contributed by atoms with Gasteiger partial charge in [-0.25, -0.2) is 9.59 Å². The quantitative estimate of drug-likeness (QED) is 0.908. The number of carbonyl (C=O) groups excluding carboxylic acids is 2. The first-order valence-corrected chi connectivity index (χ1v) is 7.16. The number of nitrogens with zero attached hydrogens (tertiary/aromatic N) is 1. The molecule has 0 radical (unpaired) electrons. The Morgan fingerprint density at radius 1 is 1.18 bits per heavy atom. The molecule has 0 atom stereocenters. The number of carbonyl (C=O) groups is 2. The van der Waals surface area contributed by atoms with Crippen LogP contribution in [0.25, 0.3) is 0 Å². The molecular formula is C16H24N2O4. The molecule has 122 valence electrons. The fraction of sp³-hybridized carbons (Fsp3) is 0.500. The molecule has 0 saturated heterocycles. The van der Waals surface area contributed by atoms with Crippen LogP contribution in [0.4, 0.5) is 9.59 Å². The van der Waals surface area contributed by atoms with Gasteiger partial charge >= 0.3 is 12.2 Å². The van der Waals surface area contributed by atoms with Gasteiger partial charge in [-0.15, -0.1) is 0 Å². The second-order valence-electron chi connectivity index (χ2n) is 5.89. The third-order valence-electron chi connectivity index (χ3n) is 2.63. The van der Waals surface area contributed by atoms with Crippen LogP contribution in [0.5, 0.6) is 0 Å². The van der Waals surface area contributed by atoms with Gasteiger partial charge in [-0.3, -0.25) is 0 Å². The molecule has 0 saturated carbocycles. The Labute approximate surface area is 131 Å². The first-order chi connectivity index (χ1) is 10.3. The summed E-state index contributed by atoms with van der Waals surface area (Å²) in [7, 11) is 1.62. The van der Waals surface area contributed by atoms with Crippen molar-refractivity contribution in [2.75, 3.05) is 20.1 Å². The van der Waals surface area contributed by atoms with Gasteiger partial charge in [0.25, 0.3) is 0 Å². The topological polar surface area (TPSA) is 67.9 Å². The van der Waals surface area contributed by atoms with Crippen LogP contribution >= 0.6 is 0 Å². The summed E-state index contributed by atoms with van der Waals surface area (Å²) in [5.41, 5.74) is 0.390. The van der Waals surface area contributed by atoms with Crippen molar-refractivity contribution in [2.24, 2.45) is 0 Å². The third-order valence-corrected chi connectivity index (χ3v) is 2.63. The van der Waals surface area contributed by atoms with Crippen molar-refractivity contribution in [1.29, 1.82) is 0 Å². The lowest BCUT2D eigenvalue weighted by Crippen LogP contribution is -2.38. The molecule has 0 fully saturated rings. The van der Waals surface area contributed by atoms with Crippen LogP contribution in [0.3, 0.4) is 0 Å². The number of ether oxygens (including phenoxy) is 2. The molecule has 1 aromatic rings. The van der Waals surface area contributed by atoms with E-state index in [4.69, 9.17) is 9.47 Å². The van der Waals surface area contributed by atoms with E-state index in [1.165, 1.54) is 4.90 Å². The van der Waals surface area contributed by atoms with E-state index in [0.29, 0.717) is 13.1 Å². The molecule has 6 heteroatoms. The Morgan fingerprint density at radius 3 is 2.41 bits per heavy atom. The highest BCUT2D eigenvalue weighted by atomic mass is 16.6. The summed E-state index contributed by atoms with van der Waals surface area (Å²) in [6, 6.07) is 9.45. The lowest BCUT2D eigenvalue weighted by atomic mass is 10.2. The van der Waals surface area contributed by atoms with Gasteiger partial charge in [-0.2, -0.15) is 0 Å². The van der Waals surface area contributed by atoms with Gasteiger partial charge in [0, 0.05) is 20.1 Å². The third kappa shape index (κ3) is 7.52. The SMILES string of the molecule is CN(CCNC(=O)OC(C)(C)C)C(=O)OCc1ccccc1. The minimum absolute atomic E-state index is 0.226. The van der Waals surface area contributed by atoms with Crippen molar-refractivity contribution in [1.82, 2.24) is 10.2 Å². The van der Waals surface area contributed by atoms with Crippen molar-refractivity contribution < 1.29 is 19.1 Å². The molecule has 0 aliphatic rings. The monoisotopic (exact) mass is 308 g/mol. The number of alkyl carbamates (subject to hydrolysis) is 1. The Hall–Kier alpha value is -2.24. The van der Waals surface area contributed by atoms with Crippen LogP contribution in [0.2, 0.25) is 0 Å². The molecular weight excluding hydrogens is 284 g/mol. The van der Waals surface area contributed by atoms with E-state index in [9.17, 15) is 9.59 Å². The van der Waals surface area contributed by atoms with Crippen molar-refractivity contribution >= 4 is 12.2 Å². The Bertz CT molecular complexity index is 483. The Kier molecular flexibility index (Phi) is 6.69. The normalized spacial score (nSPS) is 10.7. The second kappa shape index (κ2) is 8.26. The molecule has 0 aromatic heterocycles. The van der Waals surface area contributed by atoms with Gasteiger partial charge in [0.05, 0.1) is 0 Å². The number of benzene rings is 1. The smallest absolute Gasteiger partial charge is 0.409 e. The van der Waals surface area contributed by atoms with Gasteiger partial charge in [-0.1, -0.05) is 30.3 Å². The zero-order valence-electron chi connectivity index (χ0n) is 13.6. The molecule has 1 rings (SSSR count). The standard InChI is InChI=1S/C16H24N2O4/c1-16(2,3)22-14(19)17-10-11-18(4)15(20)21-12-13-8-6-5-7-9-13/h5-9H,10-12H2,1-4H3,(H,17,19). The van der Waals surface area contributed by atoms with E-state index in [2.05, 4.69) is 5.32 Å². The molecule has 1 aromatic carbocycles. The van der Waals surface area contributed by atoms with Crippen molar-refractivity contribution in [3.8, 4) is 0 Å². The molecule has 0 unspecified atom stereocenters. The summed E-state index contributed by atoms with van der Waals surface area (Å²) < 4.78 is 10.3. The predicted octanol–water partition coefficient (Wildman–Crippen LogP) is 2.78. The van der Waals surface area contributed by atoms with E-state index in [-0.39, 0.29) is 6.61 Å². The molecule has 6 nitrogen and oxygen atoms in total. The second-order valence-corrected chi connectivity index (χ2v) is 5.89. The van der Waals surface area contributed by atoms with E-state index in [1.807, 2.05) is 30.3 Å². The largest absolute Gasteiger partial charge is 0.445 e. The van der Waals surface area contributed by atoms with Gasteiger partial charge in [0.15, 0.2) is 0 Å². The first kappa shape index (κ1) is 17.8. The fourth-order valence-corrected chi connectivity index (χ4v) is 1.56. The predicted molar refractivity (Wildman–Crippen MR) is 83.5 cm³/mol. The first-order valence-electron chi connectivity index (χ1n) is 7.16. The lowest BCUT2D eigenvalue weighted by molar-refractivity contribution is 0.0518. The van der Waals surface area contributed by atoms with Crippen LogP contribution in [0, 0.1) is 0 Å². The van der Waals surface area contributed by atoms with Gasteiger partial charge in [0.1, 0.15) is 12.2 Å². The number of amides is 2. The van der Waals surface area contributed by atoms with Crippen molar-refractivity contribution in [3.05, 3.63) is 35.9 Å². The van der Waals surface area contributed by atoms with Crippen molar-refractivity contribution in [2.45, 2.75) is 33.0 Å². The Morgan fingerprint density at radius 2 is 1.82 bits per heavy atom. The van der Waals surface area contributed by atoms with Crippen molar-refractivity contribution in [3.63, 3.8) is 0 Å². The number of likely N-dealkylation sites (N-methyl/N-ethyl adjacent to an activating group) is 1. The Balaban J connectivity index is 2.23. The lowest BCUT2D eigenvalue weighted by Gasteiger charge is -2.21. The molecule has 0 bridgehead atoms. The zero-order chi connectivity index (χ0) is 16.6. The van der Waals surface area contributed by atoms with Crippen LogP contribution in [0.1, 0.15) is 26.3 Å². The minimum Gasteiger partial charge on any atom is -0.445 e. The maximum Gasteiger partial charge on any atom is 0.409 e. The number of nitrogens with one attached hydrogen (secondary N) is 1. The van der Waals surface area contributed by atoms with E-state index in [1.54, 1.807) is 27.8 Å². The average Bonchev–Trinajstić information content (AvgIpc) is 2.43. The van der Waals surface area contributed by atoms with Gasteiger partial charge < -0.3 is 19.7 Å². The molecule has 0 heterocycles. The molecule has 0 aliphatic carbocycles. The number of hydrogen-bond acceptors (Lipinski definition) is 4. The maximum atomic E-state index is 11.8. The fourth-order valence-electron chi connectivity index (χ4n) is 1.56. The van der Waals surface area contributed by atoms with E-state index < -0.39 is 17.8 Å². The van der Waals surface area contributed by atoms with Crippen LogP contribution in [-0.4, -0.2) is 42.8 Å². The summed E-state index contributed by atoms with van der Waals surface area (Å²) in [4.78, 5) is 24.6. The summed E-state index contributed by atoms with van der Waals surface area (Å²) in [5, 5.41) is 2.59. The molecule has 22 heavy (non-hydrogen) atoms. The van der Waals surface area contributed by atoms with Crippen LogP contribution < -0.4 is 5.32 Å². The summed E-state index contributed by atoms with van der Waals surface area (Å²) in [5.74, 6) is 0. The molecule has 2 amide bonds. The average molecular weight is 308 g/mol. The van der Waals surface area contributed by atoms with Gasteiger partial charge in [-0.05, 0) is 26.3 Å². The summed E-state index contributed by atoms with van der Waals surface area (Å²) in [6.07, 6.45) is -0.937. The van der Waals surface area contributed by atoms with Crippen LogP contribution in [-0.2, 0) is 16.1 Å². The zero-order valence-corrected chi connectivity index (χ0v) is 13.6. The van der Waals surface area contributed by atoms with Gasteiger partial charge in [0.2, 0.25) is 0 Å². The summed E-state index contributed by atoms with van der Waals surface area (Å²) in [6.45, 7) is 6.24. The highest BCUT2D eigenvalue weighted by Crippen LogP contribution is 2.06. The molecule has 0 spiro atoms. The maximum absolute atomic E-state index is 11.8. The highest BCUT2D eigenvalue weighted by molar-refractivity contribution is 5.68. The minimum atomic E-state index is -0.537. The van der Waals surface area contributed by atoms with E-state index in [0.717, 1.165) is 5.56 Å². The van der Waals surface area contributed by atoms with E-state index >= 15 is 0 Å². The molecule has 1 N–H and O–H groups in total. The van der Waals surface area contributed by atoms with Crippen LogP contribution in [0.15, 0.2) is 30.3 Å². The number of hydrogen-bond donors (Lipinski definition) is 1. The number of rotatable bonds is 5. The summed E-state index contributed by atoms with van der Waals surface area (Å²) >= 11 is 0. The molecule has 0 aliphatic heterocycles.